The fourth-order valence-corrected chi connectivity index (χ4v) is 1.31. The maximum atomic E-state index is 9.95. The first-order valence-corrected chi connectivity index (χ1v) is 3.42. The van der Waals surface area contributed by atoms with Crippen LogP contribution in [0.2, 0.25) is 0 Å². The number of carbonyl (C=O) groups excluding carboxylic acids is 1. The van der Waals surface area contributed by atoms with Gasteiger partial charge in [-0.1, -0.05) is 0 Å². The molecule has 1 rings (SSSR count). The summed E-state index contributed by atoms with van der Waals surface area (Å²) < 4.78 is 0. The number of aldehydes is 1. The fraction of sp³-hybridized carbons (Fsp3) is 0.167. The summed E-state index contributed by atoms with van der Waals surface area (Å²) >= 11 is 1.46. The fourth-order valence-electron chi connectivity index (χ4n) is 0.586. The molecule has 0 bridgehead atoms. The van der Waals surface area contributed by atoms with Gasteiger partial charge in [-0.2, -0.15) is 0 Å². The van der Waals surface area contributed by atoms with E-state index in [1.165, 1.54) is 11.3 Å². The molecule has 0 atom stereocenters. The minimum absolute atomic E-state index is 0.488. The molecule has 0 spiro atoms. The van der Waals surface area contributed by atoms with E-state index >= 15 is 0 Å². The van der Waals surface area contributed by atoms with Crippen LogP contribution in [0.1, 0.15) is 4.88 Å². The smallest absolute Gasteiger partial charge is 0.125 e. The number of thiophene rings is 1. The summed E-state index contributed by atoms with van der Waals surface area (Å²) in [4.78, 5) is 11.0. The molecule has 48 valence electrons. The van der Waals surface area contributed by atoms with Crippen molar-refractivity contribution < 1.29 is 4.79 Å². The van der Waals surface area contributed by atoms with E-state index in [0.717, 1.165) is 16.2 Å². The van der Waals surface area contributed by atoms with Crippen LogP contribution in [0.3, 0.4) is 0 Å². The Kier molecular flexibility index (Phi) is 1.85. The van der Waals surface area contributed by atoms with E-state index in [1.54, 1.807) is 0 Å². The lowest BCUT2D eigenvalue weighted by Gasteiger charge is -1.80. The Morgan fingerprint density at radius 1 is 1.67 bits per heavy atom. The van der Waals surface area contributed by atoms with Crippen LogP contribution in [0.25, 0.3) is 0 Å². The summed E-state index contributed by atoms with van der Waals surface area (Å²) in [6, 6.07) is 3.68. The molecule has 1 aromatic heterocycles. The molecule has 0 radical (unpaired) electrons. The first kappa shape index (κ1) is 6.29. The van der Waals surface area contributed by atoms with Crippen LogP contribution in [0, 0.1) is 0 Å². The van der Waals surface area contributed by atoms with E-state index in [0.29, 0.717) is 6.42 Å². The SMILES string of the molecule is Nc1ccc(CC=O)s1. The average molecular weight is 141 g/mol. The van der Waals surface area contributed by atoms with Crippen molar-refractivity contribution in [3.63, 3.8) is 0 Å². The summed E-state index contributed by atoms with van der Waals surface area (Å²) in [5, 5.41) is 0.770. The van der Waals surface area contributed by atoms with E-state index < -0.39 is 0 Å². The van der Waals surface area contributed by atoms with E-state index in [-0.39, 0.29) is 0 Å². The van der Waals surface area contributed by atoms with Crippen molar-refractivity contribution in [2.45, 2.75) is 6.42 Å². The van der Waals surface area contributed by atoms with Gasteiger partial charge in [0.25, 0.3) is 0 Å². The second-order valence-corrected chi connectivity index (χ2v) is 2.87. The molecule has 1 heterocycles. The molecule has 0 fully saturated rings. The maximum absolute atomic E-state index is 9.95. The lowest BCUT2D eigenvalue weighted by atomic mass is 10.4. The highest BCUT2D eigenvalue weighted by Crippen LogP contribution is 2.17. The molecular formula is C6H7NOS. The Labute approximate surface area is 57.3 Å². The largest absolute Gasteiger partial charge is 0.391 e. The standard InChI is InChI=1S/C6H7NOS/c7-6-2-1-5(9-6)3-4-8/h1-2,4H,3,7H2. The first-order valence-electron chi connectivity index (χ1n) is 2.61. The molecule has 0 unspecified atom stereocenters. The van der Waals surface area contributed by atoms with Gasteiger partial charge in [0.15, 0.2) is 0 Å². The van der Waals surface area contributed by atoms with Crippen LogP contribution < -0.4 is 5.73 Å². The molecule has 0 amide bonds. The monoisotopic (exact) mass is 141 g/mol. The summed E-state index contributed by atoms with van der Waals surface area (Å²) in [7, 11) is 0. The van der Waals surface area contributed by atoms with Crippen molar-refractivity contribution >= 4 is 22.6 Å². The van der Waals surface area contributed by atoms with Gasteiger partial charge in [0.05, 0.1) is 5.00 Å². The van der Waals surface area contributed by atoms with Gasteiger partial charge < -0.3 is 10.5 Å². The zero-order chi connectivity index (χ0) is 6.69. The second kappa shape index (κ2) is 2.64. The molecule has 0 saturated heterocycles. The van der Waals surface area contributed by atoms with Gasteiger partial charge in [-0.25, -0.2) is 0 Å². The second-order valence-electron chi connectivity index (χ2n) is 1.67. The third kappa shape index (κ3) is 1.54. The predicted octanol–water partition coefficient (Wildman–Crippen LogP) is 1.07. The van der Waals surface area contributed by atoms with Gasteiger partial charge in [0.2, 0.25) is 0 Å². The third-order valence-electron chi connectivity index (χ3n) is 0.967. The molecule has 0 aliphatic rings. The highest BCUT2D eigenvalue weighted by Gasteiger charge is 1.93. The predicted molar refractivity (Wildman–Crippen MR) is 38.5 cm³/mol. The summed E-state index contributed by atoms with van der Waals surface area (Å²) in [6.45, 7) is 0. The van der Waals surface area contributed by atoms with Crippen molar-refractivity contribution in [1.29, 1.82) is 0 Å². The van der Waals surface area contributed by atoms with Crippen molar-refractivity contribution in [3.05, 3.63) is 17.0 Å². The zero-order valence-electron chi connectivity index (χ0n) is 4.83. The van der Waals surface area contributed by atoms with Gasteiger partial charge in [-0.3, -0.25) is 0 Å². The lowest BCUT2D eigenvalue weighted by molar-refractivity contribution is -0.107. The Balaban J connectivity index is 2.72. The minimum atomic E-state index is 0.488. The van der Waals surface area contributed by atoms with Crippen LogP contribution in [-0.2, 0) is 11.2 Å². The molecular weight excluding hydrogens is 134 g/mol. The Bertz CT molecular complexity index is 207. The number of nitrogen functional groups attached to an aromatic ring is 1. The number of nitrogens with two attached hydrogens (primary N) is 1. The number of anilines is 1. The highest BCUT2D eigenvalue weighted by atomic mass is 32.1. The van der Waals surface area contributed by atoms with Gasteiger partial charge in [0.1, 0.15) is 6.29 Å². The maximum Gasteiger partial charge on any atom is 0.125 e. The van der Waals surface area contributed by atoms with Crippen LogP contribution in [0.4, 0.5) is 5.00 Å². The van der Waals surface area contributed by atoms with E-state index in [4.69, 9.17) is 5.73 Å². The zero-order valence-corrected chi connectivity index (χ0v) is 5.65. The van der Waals surface area contributed by atoms with Gasteiger partial charge in [-0.05, 0) is 12.1 Å². The minimum Gasteiger partial charge on any atom is -0.391 e. The van der Waals surface area contributed by atoms with Crippen molar-refractivity contribution in [2.75, 3.05) is 5.73 Å². The Morgan fingerprint density at radius 2 is 2.44 bits per heavy atom. The van der Waals surface area contributed by atoms with Crippen LogP contribution in [-0.4, -0.2) is 6.29 Å². The first-order chi connectivity index (χ1) is 4.33. The topological polar surface area (TPSA) is 43.1 Å². The van der Waals surface area contributed by atoms with Crippen molar-refractivity contribution in [1.82, 2.24) is 0 Å². The third-order valence-corrected chi connectivity index (χ3v) is 1.90. The summed E-state index contributed by atoms with van der Waals surface area (Å²) in [5.74, 6) is 0. The van der Waals surface area contributed by atoms with E-state index in [2.05, 4.69) is 0 Å². The number of rotatable bonds is 2. The molecule has 0 saturated carbocycles. The normalized spacial score (nSPS) is 9.33. The Hall–Kier alpha value is -0.830. The van der Waals surface area contributed by atoms with Crippen LogP contribution in [0.15, 0.2) is 12.1 Å². The van der Waals surface area contributed by atoms with Gasteiger partial charge >= 0.3 is 0 Å². The van der Waals surface area contributed by atoms with Crippen molar-refractivity contribution in [3.8, 4) is 0 Å². The number of hydrogen-bond donors (Lipinski definition) is 1. The molecule has 9 heavy (non-hydrogen) atoms. The summed E-state index contributed by atoms with van der Waals surface area (Å²) in [5.41, 5.74) is 5.41. The molecule has 1 aromatic rings. The molecule has 2 N–H and O–H groups in total. The average Bonchev–Trinajstić information content (AvgIpc) is 2.17. The lowest BCUT2D eigenvalue weighted by Crippen LogP contribution is -1.77. The molecule has 0 aliphatic carbocycles. The van der Waals surface area contributed by atoms with Crippen molar-refractivity contribution in [2.24, 2.45) is 0 Å². The van der Waals surface area contributed by atoms with Gasteiger partial charge in [0, 0.05) is 11.3 Å². The number of carbonyl (C=O) groups is 1. The van der Waals surface area contributed by atoms with E-state index in [9.17, 15) is 4.79 Å². The Morgan fingerprint density at radius 3 is 2.89 bits per heavy atom. The van der Waals surface area contributed by atoms with Crippen LogP contribution in [0.5, 0.6) is 0 Å². The highest BCUT2D eigenvalue weighted by molar-refractivity contribution is 7.15. The molecule has 2 nitrogen and oxygen atoms in total. The summed E-state index contributed by atoms with van der Waals surface area (Å²) in [6.07, 6.45) is 1.37. The van der Waals surface area contributed by atoms with Crippen LogP contribution >= 0.6 is 11.3 Å². The molecule has 3 heteroatoms. The number of hydrogen-bond acceptors (Lipinski definition) is 3. The van der Waals surface area contributed by atoms with E-state index in [1.807, 2.05) is 12.1 Å². The molecule has 0 aromatic carbocycles. The quantitative estimate of drug-likeness (QED) is 0.626. The van der Waals surface area contributed by atoms with Gasteiger partial charge in [-0.15, -0.1) is 11.3 Å². The molecule has 0 aliphatic heterocycles.